The van der Waals surface area contributed by atoms with Crippen LogP contribution in [0.2, 0.25) is 0 Å². The topological polar surface area (TPSA) is 69.7 Å². The molecule has 4 rings (SSSR count). The lowest BCUT2D eigenvalue weighted by atomic mass is 9.97. The van der Waals surface area contributed by atoms with Crippen LogP contribution in [0.4, 0.5) is 0 Å². The highest BCUT2D eigenvalue weighted by molar-refractivity contribution is 7.91. The Morgan fingerprint density at radius 1 is 1.03 bits per heavy atom. The Bertz CT molecular complexity index is 924. The van der Waals surface area contributed by atoms with Crippen LogP contribution in [0.3, 0.4) is 0 Å². The van der Waals surface area contributed by atoms with Crippen molar-refractivity contribution in [3.05, 3.63) is 53.4 Å². The minimum absolute atomic E-state index is 0.00240. The van der Waals surface area contributed by atoms with Gasteiger partial charge in [-0.15, -0.1) is 11.3 Å². The van der Waals surface area contributed by atoms with Gasteiger partial charge in [-0.25, -0.2) is 8.42 Å². The Morgan fingerprint density at radius 2 is 1.80 bits per heavy atom. The Kier molecular flexibility index (Phi) is 6.87. The predicted molar refractivity (Wildman–Crippen MR) is 119 cm³/mol. The molecule has 2 aromatic rings. The molecule has 0 radical (unpaired) electrons. The highest BCUT2D eigenvalue weighted by Crippen LogP contribution is 2.26. The van der Waals surface area contributed by atoms with Crippen molar-refractivity contribution < 1.29 is 13.2 Å². The van der Waals surface area contributed by atoms with Crippen LogP contribution >= 0.6 is 11.3 Å². The average molecular weight is 448 g/mol. The summed E-state index contributed by atoms with van der Waals surface area (Å²) in [6.07, 6.45) is 3.33. The lowest BCUT2D eigenvalue weighted by Crippen LogP contribution is -2.50. The average Bonchev–Trinajstić information content (AvgIpc) is 3.32. The molecule has 162 valence electrons. The van der Waals surface area contributed by atoms with Gasteiger partial charge in [-0.1, -0.05) is 36.4 Å². The summed E-state index contributed by atoms with van der Waals surface area (Å²) in [6, 6.07) is 14.0. The first-order valence-corrected chi connectivity index (χ1v) is 12.9. The maximum absolute atomic E-state index is 12.9. The van der Waals surface area contributed by atoms with E-state index < -0.39 is 10.0 Å². The summed E-state index contributed by atoms with van der Waals surface area (Å²) in [7, 11) is -3.49. The number of benzene rings is 1. The molecular formula is C22H29N3O3S2. The number of rotatable bonds is 6. The number of nitrogens with one attached hydrogen (secondary N) is 1. The third kappa shape index (κ3) is 5.11. The number of nitrogens with zero attached hydrogens (tertiary/aromatic N) is 2. The van der Waals surface area contributed by atoms with Crippen molar-refractivity contribution in [3.8, 4) is 0 Å². The number of likely N-dealkylation sites (tertiary alicyclic amines) is 1. The normalized spacial score (nSPS) is 22.1. The van der Waals surface area contributed by atoms with Crippen molar-refractivity contribution in [1.82, 2.24) is 14.5 Å². The molecule has 1 atom stereocenters. The third-order valence-corrected chi connectivity index (χ3v) is 9.27. The minimum Gasteiger partial charge on any atom is -0.353 e. The van der Waals surface area contributed by atoms with Crippen molar-refractivity contribution in [1.29, 1.82) is 0 Å². The van der Waals surface area contributed by atoms with Gasteiger partial charge in [0.1, 0.15) is 4.21 Å². The van der Waals surface area contributed by atoms with E-state index in [1.807, 2.05) is 6.07 Å². The predicted octanol–water partition coefficient (Wildman–Crippen LogP) is 2.93. The number of carbonyl (C=O) groups is 1. The highest BCUT2D eigenvalue weighted by Gasteiger charge is 2.34. The molecular weight excluding hydrogens is 418 g/mol. The third-order valence-electron chi connectivity index (χ3n) is 6.03. The fourth-order valence-corrected chi connectivity index (χ4v) is 6.98. The van der Waals surface area contributed by atoms with E-state index >= 15 is 0 Å². The molecule has 1 unspecified atom stereocenters. The lowest BCUT2D eigenvalue weighted by Gasteiger charge is -2.35. The second-order valence-corrected chi connectivity index (χ2v) is 11.3. The van der Waals surface area contributed by atoms with E-state index in [0.717, 1.165) is 45.3 Å². The van der Waals surface area contributed by atoms with Crippen LogP contribution in [-0.2, 0) is 21.4 Å². The molecule has 0 spiro atoms. The summed E-state index contributed by atoms with van der Waals surface area (Å²) < 4.78 is 27.4. The van der Waals surface area contributed by atoms with Crippen LogP contribution in [-0.4, -0.2) is 55.8 Å². The molecule has 0 aliphatic carbocycles. The number of piperidine rings is 2. The number of hydrogen-bond donors (Lipinski definition) is 1. The SMILES string of the molecule is O=C(NC1CCN(Cc2ccccc2)CC1)C1CCCN(S(=O)(=O)c2cccs2)C1. The molecule has 0 bridgehead atoms. The molecule has 1 N–H and O–H groups in total. The molecule has 0 saturated carbocycles. The molecule has 1 aromatic carbocycles. The van der Waals surface area contributed by atoms with Crippen molar-refractivity contribution in [2.75, 3.05) is 26.2 Å². The van der Waals surface area contributed by atoms with E-state index in [2.05, 4.69) is 34.5 Å². The zero-order valence-corrected chi connectivity index (χ0v) is 18.7. The molecule has 2 aliphatic rings. The van der Waals surface area contributed by atoms with Crippen LogP contribution in [0.1, 0.15) is 31.2 Å². The van der Waals surface area contributed by atoms with E-state index in [1.54, 1.807) is 17.5 Å². The standard InChI is InChI=1S/C22H29N3O3S2/c26-22(19-8-4-12-25(17-19)30(27,28)21-9-5-15-29-21)23-20-10-13-24(14-11-20)16-18-6-2-1-3-7-18/h1-3,5-7,9,15,19-20H,4,8,10-14,16-17H2,(H,23,26). The minimum atomic E-state index is -3.49. The smallest absolute Gasteiger partial charge is 0.252 e. The zero-order valence-electron chi connectivity index (χ0n) is 17.1. The van der Waals surface area contributed by atoms with Gasteiger partial charge in [-0.3, -0.25) is 9.69 Å². The molecule has 30 heavy (non-hydrogen) atoms. The Hall–Kier alpha value is -1.74. The van der Waals surface area contributed by atoms with E-state index in [-0.39, 0.29) is 24.4 Å². The van der Waals surface area contributed by atoms with Gasteiger partial charge in [0.05, 0.1) is 5.92 Å². The van der Waals surface area contributed by atoms with Crippen LogP contribution < -0.4 is 5.32 Å². The largest absolute Gasteiger partial charge is 0.353 e. The van der Waals surface area contributed by atoms with Crippen molar-refractivity contribution in [2.45, 2.75) is 42.5 Å². The number of thiophene rings is 1. The van der Waals surface area contributed by atoms with E-state index in [9.17, 15) is 13.2 Å². The Balaban J connectivity index is 1.27. The fraction of sp³-hybridized carbons (Fsp3) is 0.500. The van der Waals surface area contributed by atoms with Gasteiger partial charge >= 0.3 is 0 Å². The summed E-state index contributed by atoms with van der Waals surface area (Å²) in [6.45, 7) is 3.63. The number of sulfonamides is 1. The van der Waals surface area contributed by atoms with Crippen LogP contribution in [0.15, 0.2) is 52.1 Å². The van der Waals surface area contributed by atoms with Gasteiger partial charge in [0.2, 0.25) is 5.91 Å². The van der Waals surface area contributed by atoms with E-state index in [1.165, 1.54) is 21.2 Å². The van der Waals surface area contributed by atoms with Gasteiger partial charge in [-0.2, -0.15) is 4.31 Å². The van der Waals surface area contributed by atoms with Crippen molar-refractivity contribution >= 4 is 27.3 Å². The Morgan fingerprint density at radius 3 is 2.50 bits per heavy atom. The van der Waals surface area contributed by atoms with Gasteiger partial charge in [0.15, 0.2) is 0 Å². The maximum Gasteiger partial charge on any atom is 0.252 e. The number of amides is 1. The Labute approximate surface area is 182 Å². The van der Waals surface area contributed by atoms with Gasteiger partial charge in [-0.05, 0) is 42.7 Å². The molecule has 6 nitrogen and oxygen atoms in total. The summed E-state index contributed by atoms with van der Waals surface area (Å²) in [5.41, 5.74) is 1.31. The molecule has 2 saturated heterocycles. The van der Waals surface area contributed by atoms with Crippen LogP contribution in [0, 0.1) is 5.92 Å². The first-order chi connectivity index (χ1) is 14.5. The second kappa shape index (κ2) is 9.60. The number of carbonyl (C=O) groups excluding carboxylic acids is 1. The molecule has 2 fully saturated rings. The molecule has 3 heterocycles. The highest BCUT2D eigenvalue weighted by atomic mass is 32.2. The van der Waals surface area contributed by atoms with Crippen molar-refractivity contribution in [3.63, 3.8) is 0 Å². The van der Waals surface area contributed by atoms with Gasteiger partial charge < -0.3 is 5.32 Å². The number of hydrogen-bond acceptors (Lipinski definition) is 5. The fourth-order valence-electron chi connectivity index (χ4n) is 4.31. The van der Waals surface area contributed by atoms with Crippen molar-refractivity contribution in [2.24, 2.45) is 5.92 Å². The van der Waals surface area contributed by atoms with Gasteiger partial charge in [0.25, 0.3) is 10.0 Å². The summed E-state index contributed by atoms with van der Waals surface area (Å²) >= 11 is 1.23. The summed E-state index contributed by atoms with van der Waals surface area (Å²) in [5, 5.41) is 4.96. The van der Waals surface area contributed by atoms with Crippen LogP contribution in [0.25, 0.3) is 0 Å². The molecule has 1 aromatic heterocycles. The van der Waals surface area contributed by atoms with Crippen LogP contribution in [0.5, 0.6) is 0 Å². The van der Waals surface area contributed by atoms with E-state index in [4.69, 9.17) is 0 Å². The quantitative estimate of drug-likeness (QED) is 0.739. The zero-order chi connectivity index (χ0) is 21.0. The lowest BCUT2D eigenvalue weighted by molar-refractivity contribution is -0.127. The second-order valence-electron chi connectivity index (χ2n) is 8.18. The van der Waals surface area contributed by atoms with Gasteiger partial charge in [0, 0.05) is 38.8 Å². The molecule has 2 aliphatic heterocycles. The first kappa shape index (κ1) is 21.5. The summed E-state index contributed by atoms with van der Waals surface area (Å²) in [4.78, 5) is 15.3. The summed E-state index contributed by atoms with van der Waals surface area (Å²) in [5.74, 6) is -0.265. The monoisotopic (exact) mass is 447 g/mol. The molecule has 8 heteroatoms. The van der Waals surface area contributed by atoms with E-state index in [0.29, 0.717) is 10.8 Å². The maximum atomic E-state index is 12.9. The molecule has 1 amide bonds. The first-order valence-electron chi connectivity index (χ1n) is 10.6.